The van der Waals surface area contributed by atoms with E-state index in [4.69, 9.17) is 29.0 Å². The van der Waals surface area contributed by atoms with Crippen LogP contribution in [0.15, 0.2) is 53.6 Å². The zero-order valence-electron chi connectivity index (χ0n) is 10.4. The summed E-state index contributed by atoms with van der Waals surface area (Å²) < 4.78 is 0. The monoisotopic (exact) mass is 306 g/mol. The van der Waals surface area contributed by atoms with Crippen LogP contribution in [0.5, 0.6) is 0 Å². The Balaban J connectivity index is 1.93. The Morgan fingerprint density at radius 1 is 1.00 bits per heavy atom. The van der Waals surface area contributed by atoms with Gasteiger partial charge in [-0.25, -0.2) is 5.84 Å². The summed E-state index contributed by atoms with van der Waals surface area (Å²) in [4.78, 5) is 0. The van der Waals surface area contributed by atoms with Crippen molar-refractivity contribution in [2.45, 2.75) is 6.17 Å². The largest absolute Gasteiger partial charge is 0.280 e. The molecular formula is C14H12Cl2N4. The Morgan fingerprint density at radius 2 is 1.65 bits per heavy atom. The predicted octanol–water partition coefficient (Wildman–Crippen LogP) is 3.13. The summed E-state index contributed by atoms with van der Waals surface area (Å²) in [5.74, 6) is 6.73. The van der Waals surface area contributed by atoms with Gasteiger partial charge < -0.3 is 0 Å². The standard InChI is InChI=1S/C14H12Cl2N4/c15-11-7-3-1-5-9(11)13-18-19-14(20(13)17)10-6-2-4-8-12(10)16/h1-8,13,18H,17H2. The first kappa shape index (κ1) is 13.2. The van der Waals surface area contributed by atoms with E-state index in [0.717, 1.165) is 11.1 Å². The molecule has 2 aromatic rings. The number of hydrogen-bond acceptors (Lipinski definition) is 4. The van der Waals surface area contributed by atoms with Gasteiger partial charge in [-0.1, -0.05) is 53.5 Å². The van der Waals surface area contributed by atoms with Crippen molar-refractivity contribution in [1.82, 2.24) is 10.4 Å². The number of benzene rings is 2. The van der Waals surface area contributed by atoms with Crippen LogP contribution in [0.2, 0.25) is 10.0 Å². The molecule has 0 aliphatic carbocycles. The highest BCUT2D eigenvalue weighted by atomic mass is 35.5. The molecule has 1 heterocycles. The van der Waals surface area contributed by atoms with Gasteiger partial charge in [0.15, 0.2) is 12.0 Å². The molecule has 3 N–H and O–H groups in total. The third kappa shape index (κ3) is 2.22. The van der Waals surface area contributed by atoms with E-state index in [0.29, 0.717) is 15.9 Å². The molecule has 3 rings (SSSR count). The van der Waals surface area contributed by atoms with Gasteiger partial charge in [0, 0.05) is 16.1 Å². The highest BCUT2D eigenvalue weighted by molar-refractivity contribution is 6.34. The van der Waals surface area contributed by atoms with Gasteiger partial charge in [0.1, 0.15) is 0 Å². The summed E-state index contributed by atoms with van der Waals surface area (Å²) in [6, 6.07) is 14.9. The van der Waals surface area contributed by atoms with E-state index < -0.39 is 0 Å². The van der Waals surface area contributed by atoms with Gasteiger partial charge in [-0.2, -0.15) is 5.10 Å². The van der Waals surface area contributed by atoms with Crippen molar-refractivity contribution in [2.24, 2.45) is 10.9 Å². The van der Waals surface area contributed by atoms with Crippen LogP contribution in [-0.4, -0.2) is 10.8 Å². The van der Waals surface area contributed by atoms with Gasteiger partial charge in [0.2, 0.25) is 0 Å². The average molecular weight is 307 g/mol. The fourth-order valence-corrected chi connectivity index (χ4v) is 2.58. The van der Waals surface area contributed by atoms with E-state index in [9.17, 15) is 0 Å². The lowest BCUT2D eigenvalue weighted by atomic mass is 10.1. The van der Waals surface area contributed by atoms with Gasteiger partial charge in [0.05, 0.1) is 5.02 Å². The van der Waals surface area contributed by atoms with Gasteiger partial charge >= 0.3 is 0 Å². The van der Waals surface area contributed by atoms with E-state index in [1.54, 1.807) is 6.07 Å². The minimum absolute atomic E-state index is 0.310. The number of halogens is 2. The van der Waals surface area contributed by atoms with Crippen molar-refractivity contribution in [3.63, 3.8) is 0 Å². The van der Waals surface area contributed by atoms with E-state index in [2.05, 4.69) is 10.5 Å². The Bertz CT molecular complexity index is 672. The lowest BCUT2D eigenvalue weighted by Crippen LogP contribution is -2.39. The molecule has 1 unspecified atom stereocenters. The third-order valence-corrected chi connectivity index (χ3v) is 3.80. The third-order valence-electron chi connectivity index (χ3n) is 3.13. The molecule has 20 heavy (non-hydrogen) atoms. The van der Waals surface area contributed by atoms with Crippen molar-refractivity contribution >= 4 is 29.0 Å². The second-order valence-electron chi connectivity index (χ2n) is 4.38. The van der Waals surface area contributed by atoms with Gasteiger partial charge in [-0.3, -0.25) is 10.4 Å². The van der Waals surface area contributed by atoms with Crippen molar-refractivity contribution in [1.29, 1.82) is 0 Å². The molecule has 0 amide bonds. The van der Waals surface area contributed by atoms with Crippen LogP contribution in [0.4, 0.5) is 0 Å². The lowest BCUT2D eigenvalue weighted by Gasteiger charge is -2.23. The topological polar surface area (TPSA) is 53.6 Å². The summed E-state index contributed by atoms with van der Waals surface area (Å²) >= 11 is 12.4. The quantitative estimate of drug-likeness (QED) is 0.838. The maximum Gasteiger partial charge on any atom is 0.173 e. The molecule has 4 nitrogen and oxygen atoms in total. The number of amidine groups is 1. The molecule has 0 saturated carbocycles. The van der Waals surface area contributed by atoms with E-state index >= 15 is 0 Å². The highest BCUT2D eigenvalue weighted by Gasteiger charge is 2.29. The zero-order chi connectivity index (χ0) is 14.1. The Hall–Kier alpha value is -1.75. The Labute approximate surface area is 126 Å². The zero-order valence-corrected chi connectivity index (χ0v) is 11.9. The smallest absolute Gasteiger partial charge is 0.173 e. The summed E-state index contributed by atoms with van der Waals surface area (Å²) in [6.45, 7) is 0. The number of hydrazine groups is 1. The Morgan fingerprint density at radius 3 is 2.35 bits per heavy atom. The SMILES string of the molecule is NN1C(c2ccccc2Cl)=NNC1c1ccccc1Cl. The van der Waals surface area contributed by atoms with Crippen LogP contribution < -0.4 is 11.3 Å². The summed E-state index contributed by atoms with van der Waals surface area (Å²) in [6.07, 6.45) is -0.310. The van der Waals surface area contributed by atoms with E-state index in [1.165, 1.54) is 5.01 Å². The number of hydrazone groups is 1. The molecule has 0 spiro atoms. The molecule has 0 aromatic heterocycles. The number of nitrogens with two attached hydrogens (primary N) is 1. The first-order valence-corrected chi connectivity index (χ1v) is 6.80. The molecule has 1 atom stereocenters. The van der Waals surface area contributed by atoms with Crippen molar-refractivity contribution in [3.8, 4) is 0 Å². The fraction of sp³-hybridized carbons (Fsp3) is 0.0714. The first-order valence-electron chi connectivity index (χ1n) is 6.05. The molecule has 0 fully saturated rings. The number of hydrogen-bond donors (Lipinski definition) is 2. The van der Waals surface area contributed by atoms with Crippen LogP contribution in [0.3, 0.4) is 0 Å². The van der Waals surface area contributed by atoms with Crippen molar-refractivity contribution in [2.75, 3.05) is 0 Å². The minimum atomic E-state index is -0.310. The maximum atomic E-state index is 6.20. The molecule has 0 saturated heterocycles. The number of nitrogens with zero attached hydrogens (tertiary/aromatic N) is 2. The normalized spacial score (nSPS) is 17.9. The lowest BCUT2D eigenvalue weighted by molar-refractivity contribution is 0.316. The Kier molecular flexibility index (Phi) is 3.53. The molecule has 0 radical (unpaired) electrons. The van der Waals surface area contributed by atoms with Crippen LogP contribution >= 0.6 is 23.2 Å². The second kappa shape index (κ2) is 5.32. The minimum Gasteiger partial charge on any atom is -0.280 e. The van der Waals surface area contributed by atoms with Crippen LogP contribution in [0.25, 0.3) is 0 Å². The van der Waals surface area contributed by atoms with Crippen LogP contribution in [-0.2, 0) is 0 Å². The maximum absolute atomic E-state index is 6.20. The summed E-state index contributed by atoms with van der Waals surface area (Å²) in [5.41, 5.74) is 4.63. The van der Waals surface area contributed by atoms with Gasteiger partial charge in [0.25, 0.3) is 0 Å². The number of rotatable bonds is 2. The average Bonchev–Trinajstić information content (AvgIpc) is 2.82. The van der Waals surface area contributed by atoms with Crippen LogP contribution in [0, 0.1) is 0 Å². The second-order valence-corrected chi connectivity index (χ2v) is 5.19. The molecule has 102 valence electrons. The van der Waals surface area contributed by atoms with Crippen molar-refractivity contribution in [3.05, 3.63) is 69.7 Å². The summed E-state index contributed by atoms with van der Waals surface area (Å²) in [7, 11) is 0. The van der Waals surface area contributed by atoms with Gasteiger partial charge in [-0.05, 0) is 18.2 Å². The van der Waals surface area contributed by atoms with E-state index in [-0.39, 0.29) is 6.17 Å². The molecule has 1 aliphatic heterocycles. The fourth-order valence-electron chi connectivity index (χ4n) is 2.12. The van der Waals surface area contributed by atoms with Gasteiger partial charge in [-0.15, -0.1) is 0 Å². The van der Waals surface area contributed by atoms with Crippen molar-refractivity contribution < 1.29 is 0 Å². The summed E-state index contributed by atoms with van der Waals surface area (Å²) in [5, 5.41) is 7.04. The van der Waals surface area contributed by atoms with Crippen LogP contribution in [0.1, 0.15) is 17.3 Å². The molecular weight excluding hydrogens is 295 g/mol. The highest BCUT2D eigenvalue weighted by Crippen LogP contribution is 2.29. The molecule has 0 bridgehead atoms. The first-order chi connectivity index (χ1) is 9.68. The number of nitrogens with one attached hydrogen (secondary N) is 1. The molecule has 1 aliphatic rings. The molecule has 2 aromatic carbocycles. The molecule has 6 heteroatoms. The predicted molar refractivity (Wildman–Crippen MR) is 81.3 cm³/mol. The van der Waals surface area contributed by atoms with E-state index in [1.807, 2.05) is 42.5 Å².